The number of aromatic nitrogens is 2. The highest BCUT2D eigenvalue weighted by Gasteiger charge is 2.07. The largest absolute Gasteiger partial charge is 0.484 e. The molecule has 0 unspecified atom stereocenters. The molecule has 0 aliphatic heterocycles. The molecule has 0 atom stereocenters. The van der Waals surface area contributed by atoms with Gasteiger partial charge in [-0.1, -0.05) is 6.07 Å². The second-order valence-electron chi connectivity index (χ2n) is 4.24. The summed E-state index contributed by atoms with van der Waals surface area (Å²) in [6, 6.07) is 11.7. The molecule has 5 heteroatoms. The summed E-state index contributed by atoms with van der Waals surface area (Å²) in [7, 11) is 0. The fourth-order valence-electron chi connectivity index (χ4n) is 1.90. The van der Waals surface area contributed by atoms with Crippen molar-refractivity contribution in [1.29, 1.82) is 5.26 Å². The molecule has 0 fully saturated rings. The minimum atomic E-state index is -0.548. The average molecular weight is 267 g/mol. The molecule has 3 aromatic rings. The van der Waals surface area contributed by atoms with Gasteiger partial charge in [0.25, 0.3) is 0 Å². The van der Waals surface area contributed by atoms with Crippen molar-refractivity contribution in [2.45, 2.75) is 6.61 Å². The summed E-state index contributed by atoms with van der Waals surface area (Å²) in [4.78, 5) is 4.35. The minimum Gasteiger partial charge on any atom is -0.484 e. The summed E-state index contributed by atoms with van der Waals surface area (Å²) in [5.41, 5.74) is 1.79. The molecule has 0 aliphatic carbocycles. The molecule has 0 aliphatic rings. The van der Waals surface area contributed by atoms with Gasteiger partial charge < -0.3 is 9.14 Å². The highest BCUT2D eigenvalue weighted by Crippen LogP contribution is 2.19. The Bertz CT molecular complexity index is 771. The number of pyridine rings is 1. The molecule has 0 amide bonds. The molecule has 2 aromatic heterocycles. The van der Waals surface area contributed by atoms with E-state index < -0.39 is 5.82 Å². The van der Waals surface area contributed by atoms with E-state index in [1.54, 1.807) is 0 Å². The van der Waals surface area contributed by atoms with Crippen LogP contribution in [0.25, 0.3) is 5.65 Å². The van der Waals surface area contributed by atoms with Gasteiger partial charge in [0.05, 0.1) is 17.3 Å². The standard InChI is InChI=1S/C15H10FN3O/c16-13-7-11(8-17)4-5-14(13)20-10-12-9-19-6-2-1-3-15(19)18-12/h1-7,9H,10H2. The lowest BCUT2D eigenvalue weighted by Crippen LogP contribution is -1.98. The van der Waals surface area contributed by atoms with E-state index in [0.29, 0.717) is 5.69 Å². The maximum absolute atomic E-state index is 13.6. The average Bonchev–Trinajstić information content (AvgIpc) is 2.88. The second-order valence-corrected chi connectivity index (χ2v) is 4.24. The van der Waals surface area contributed by atoms with E-state index in [0.717, 1.165) is 11.7 Å². The van der Waals surface area contributed by atoms with Crippen molar-refractivity contribution in [1.82, 2.24) is 9.38 Å². The highest BCUT2D eigenvalue weighted by atomic mass is 19.1. The second kappa shape index (κ2) is 5.02. The van der Waals surface area contributed by atoms with Crippen molar-refractivity contribution in [3.8, 4) is 11.8 Å². The Kier molecular flexibility index (Phi) is 3.05. The Morgan fingerprint density at radius 1 is 1.30 bits per heavy atom. The maximum atomic E-state index is 13.6. The van der Waals surface area contributed by atoms with Crippen LogP contribution in [0.5, 0.6) is 5.75 Å². The van der Waals surface area contributed by atoms with E-state index in [2.05, 4.69) is 4.98 Å². The molecule has 20 heavy (non-hydrogen) atoms. The molecule has 0 saturated heterocycles. The third-order valence-corrected chi connectivity index (χ3v) is 2.85. The van der Waals surface area contributed by atoms with Gasteiger partial charge in [-0.05, 0) is 30.3 Å². The zero-order valence-corrected chi connectivity index (χ0v) is 10.5. The van der Waals surface area contributed by atoms with Gasteiger partial charge in [0, 0.05) is 12.4 Å². The van der Waals surface area contributed by atoms with Gasteiger partial charge in [-0.25, -0.2) is 9.37 Å². The number of fused-ring (bicyclic) bond motifs is 1. The van der Waals surface area contributed by atoms with Crippen LogP contribution in [0, 0.1) is 17.1 Å². The molecule has 1 aromatic carbocycles. The Morgan fingerprint density at radius 3 is 2.95 bits per heavy atom. The first kappa shape index (κ1) is 12.2. The summed E-state index contributed by atoms with van der Waals surface area (Å²) in [6.07, 6.45) is 3.71. The third kappa shape index (κ3) is 2.31. The van der Waals surface area contributed by atoms with Crippen molar-refractivity contribution in [3.63, 3.8) is 0 Å². The molecule has 0 bridgehead atoms. The zero-order chi connectivity index (χ0) is 13.9. The maximum Gasteiger partial charge on any atom is 0.166 e. The fourth-order valence-corrected chi connectivity index (χ4v) is 1.90. The number of benzene rings is 1. The first-order valence-electron chi connectivity index (χ1n) is 6.01. The summed E-state index contributed by atoms with van der Waals surface area (Å²) >= 11 is 0. The van der Waals surface area contributed by atoms with E-state index >= 15 is 0 Å². The van der Waals surface area contributed by atoms with Crippen LogP contribution in [0.3, 0.4) is 0 Å². The van der Waals surface area contributed by atoms with Gasteiger partial charge in [0.15, 0.2) is 11.6 Å². The summed E-state index contributed by atoms with van der Waals surface area (Å²) in [6.45, 7) is 0.171. The van der Waals surface area contributed by atoms with Crippen molar-refractivity contribution in [2.75, 3.05) is 0 Å². The normalized spacial score (nSPS) is 10.4. The smallest absolute Gasteiger partial charge is 0.166 e. The molecular formula is C15H10FN3O. The summed E-state index contributed by atoms with van der Waals surface area (Å²) in [5, 5.41) is 8.67. The Hall–Kier alpha value is -2.87. The van der Waals surface area contributed by atoms with Gasteiger partial charge in [-0.2, -0.15) is 5.26 Å². The molecule has 98 valence electrons. The molecular weight excluding hydrogens is 257 g/mol. The highest BCUT2D eigenvalue weighted by molar-refractivity contribution is 5.39. The van der Waals surface area contributed by atoms with Crippen LogP contribution in [-0.4, -0.2) is 9.38 Å². The Morgan fingerprint density at radius 2 is 2.20 bits per heavy atom. The summed E-state index contributed by atoms with van der Waals surface area (Å²) < 4.78 is 20.9. The van der Waals surface area contributed by atoms with Gasteiger partial charge in [-0.3, -0.25) is 0 Å². The van der Waals surface area contributed by atoms with E-state index in [4.69, 9.17) is 10.00 Å². The minimum absolute atomic E-state index is 0.112. The topological polar surface area (TPSA) is 50.3 Å². The molecule has 4 nitrogen and oxygen atoms in total. The van der Waals surface area contributed by atoms with Crippen molar-refractivity contribution >= 4 is 5.65 Å². The van der Waals surface area contributed by atoms with Crippen LogP contribution in [0.15, 0.2) is 48.8 Å². The number of rotatable bonds is 3. The van der Waals surface area contributed by atoms with Crippen LogP contribution < -0.4 is 4.74 Å². The third-order valence-electron chi connectivity index (χ3n) is 2.85. The lowest BCUT2D eigenvalue weighted by atomic mass is 10.2. The number of hydrogen-bond donors (Lipinski definition) is 0. The van der Waals surface area contributed by atoms with Gasteiger partial charge >= 0.3 is 0 Å². The van der Waals surface area contributed by atoms with E-state index in [1.807, 2.05) is 41.1 Å². The lowest BCUT2D eigenvalue weighted by molar-refractivity contribution is 0.286. The van der Waals surface area contributed by atoms with E-state index in [-0.39, 0.29) is 17.9 Å². The lowest BCUT2D eigenvalue weighted by Gasteiger charge is -2.05. The Balaban J connectivity index is 1.77. The van der Waals surface area contributed by atoms with Crippen LogP contribution >= 0.6 is 0 Å². The van der Waals surface area contributed by atoms with Gasteiger partial charge in [0.2, 0.25) is 0 Å². The van der Waals surface area contributed by atoms with Crippen molar-refractivity contribution < 1.29 is 9.13 Å². The fraction of sp³-hybridized carbons (Fsp3) is 0.0667. The number of hydrogen-bond acceptors (Lipinski definition) is 3. The van der Waals surface area contributed by atoms with Crippen LogP contribution in [0.4, 0.5) is 4.39 Å². The molecule has 0 saturated carbocycles. The number of nitriles is 1. The SMILES string of the molecule is N#Cc1ccc(OCc2cn3ccccc3n2)c(F)c1. The monoisotopic (exact) mass is 267 g/mol. The first-order chi connectivity index (χ1) is 9.76. The van der Waals surface area contributed by atoms with Crippen LogP contribution in [-0.2, 0) is 6.61 Å². The van der Waals surface area contributed by atoms with Gasteiger partial charge in [0.1, 0.15) is 12.3 Å². The molecule has 3 rings (SSSR count). The zero-order valence-electron chi connectivity index (χ0n) is 10.5. The number of nitrogens with zero attached hydrogens (tertiary/aromatic N) is 3. The number of imidazole rings is 1. The van der Waals surface area contributed by atoms with E-state index in [1.165, 1.54) is 12.1 Å². The number of ether oxygens (including phenoxy) is 1. The predicted molar refractivity (Wildman–Crippen MR) is 70.6 cm³/mol. The predicted octanol–water partition coefficient (Wildman–Crippen LogP) is 2.92. The number of halogens is 1. The quantitative estimate of drug-likeness (QED) is 0.733. The molecule has 0 radical (unpaired) electrons. The molecule has 2 heterocycles. The molecule has 0 spiro atoms. The first-order valence-corrected chi connectivity index (χ1v) is 6.01. The van der Waals surface area contributed by atoms with Crippen molar-refractivity contribution in [3.05, 3.63) is 65.9 Å². The Labute approximate surface area is 114 Å². The summed E-state index contributed by atoms with van der Waals surface area (Å²) in [5.74, 6) is -0.436. The molecule has 0 N–H and O–H groups in total. The van der Waals surface area contributed by atoms with Crippen LogP contribution in [0.1, 0.15) is 11.3 Å². The van der Waals surface area contributed by atoms with E-state index in [9.17, 15) is 4.39 Å². The van der Waals surface area contributed by atoms with Crippen LogP contribution in [0.2, 0.25) is 0 Å². The van der Waals surface area contributed by atoms with Gasteiger partial charge in [-0.15, -0.1) is 0 Å². The van der Waals surface area contributed by atoms with Crippen molar-refractivity contribution in [2.24, 2.45) is 0 Å².